The molecule has 1 amide bonds. The summed E-state index contributed by atoms with van der Waals surface area (Å²) in [7, 11) is 0. The van der Waals surface area contributed by atoms with E-state index in [2.05, 4.69) is 15.0 Å². The first-order valence-corrected chi connectivity index (χ1v) is 9.09. The number of hydrogen-bond acceptors (Lipinski definition) is 3. The highest BCUT2D eigenvalue weighted by molar-refractivity contribution is 5.92. The third kappa shape index (κ3) is 3.35. The Kier molecular flexibility index (Phi) is 4.32. The highest BCUT2D eigenvalue weighted by Gasteiger charge is 2.32. The van der Waals surface area contributed by atoms with Crippen LogP contribution in [-0.4, -0.2) is 38.2 Å². The van der Waals surface area contributed by atoms with Crippen LogP contribution in [0.25, 0.3) is 5.82 Å². The monoisotopic (exact) mass is 324 g/mol. The van der Waals surface area contributed by atoms with Crippen LogP contribution in [-0.2, 0) is 0 Å². The Bertz CT molecular complexity index is 687. The third-order valence-electron chi connectivity index (χ3n) is 5.12. The molecule has 0 saturated heterocycles. The summed E-state index contributed by atoms with van der Waals surface area (Å²) in [4.78, 5) is 19.8. The van der Waals surface area contributed by atoms with Gasteiger partial charge in [-0.3, -0.25) is 4.79 Å². The number of pyridine rings is 1. The summed E-state index contributed by atoms with van der Waals surface area (Å²) in [5.41, 5.74) is 0.536. The van der Waals surface area contributed by atoms with Crippen LogP contribution in [0.1, 0.15) is 55.4 Å². The van der Waals surface area contributed by atoms with Crippen molar-refractivity contribution in [2.45, 2.75) is 51.0 Å². The van der Waals surface area contributed by atoms with Crippen molar-refractivity contribution in [3.05, 3.63) is 42.4 Å². The van der Waals surface area contributed by atoms with E-state index in [1.807, 2.05) is 30.5 Å². The lowest BCUT2D eigenvalue weighted by Gasteiger charge is -2.34. The molecule has 4 rings (SSSR count). The average Bonchev–Trinajstić information content (AvgIpc) is 3.29. The number of amides is 1. The van der Waals surface area contributed by atoms with Gasteiger partial charge in [-0.2, -0.15) is 5.10 Å². The van der Waals surface area contributed by atoms with E-state index in [0.29, 0.717) is 23.5 Å². The van der Waals surface area contributed by atoms with E-state index in [9.17, 15) is 4.79 Å². The number of nitrogens with zero attached hydrogens (tertiary/aromatic N) is 4. The first-order chi connectivity index (χ1) is 11.8. The highest BCUT2D eigenvalue weighted by atomic mass is 16.2. The molecule has 0 aliphatic heterocycles. The number of carbonyl (C=O) groups excluding carboxylic acids is 1. The van der Waals surface area contributed by atoms with E-state index in [-0.39, 0.29) is 5.91 Å². The van der Waals surface area contributed by atoms with Gasteiger partial charge in [-0.15, -0.1) is 0 Å². The van der Waals surface area contributed by atoms with Crippen LogP contribution in [0.5, 0.6) is 0 Å². The summed E-state index contributed by atoms with van der Waals surface area (Å²) in [5.74, 6) is 1.48. The van der Waals surface area contributed by atoms with Gasteiger partial charge in [0, 0.05) is 25.0 Å². The van der Waals surface area contributed by atoms with Gasteiger partial charge < -0.3 is 4.90 Å². The summed E-state index contributed by atoms with van der Waals surface area (Å²) in [5, 5.41) is 4.21. The lowest BCUT2D eigenvalue weighted by atomic mass is 9.93. The van der Waals surface area contributed by atoms with Crippen LogP contribution in [0.3, 0.4) is 0 Å². The number of aromatic nitrogens is 3. The fourth-order valence-corrected chi connectivity index (χ4v) is 3.59. The van der Waals surface area contributed by atoms with Crippen molar-refractivity contribution in [3.8, 4) is 5.82 Å². The molecule has 2 heterocycles. The summed E-state index contributed by atoms with van der Waals surface area (Å²) >= 11 is 0. The Morgan fingerprint density at radius 1 is 1.12 bits per heavy atom. The van der Waals surface area contributed by atoms with Gasteiger partial charge in [-0.1, -0.05) is 25.3 Å². The molecule has 2 fully saturated rings. The third-order valence-corrected chi connectivity index (χ3v) is 5.12. The lowest BCUT2D eigenvalue weighted by Crippen LogP contribution is -2.43. The SMILES string of the molecule is O=C(c1cccc(-n2cccn2)n1)N(CC1CC1)C1CCCCC1. The van der Waals surface area contributed by atoms with Gasteiger partial charge >= 0.3 is 0 Å². The second kappa shape index (κ2) is 6.75. The minimum atomic E-state index is 0.0859. The highest BCUT2D eigenvalue weighted by Crippen LogP contribution is 2.33. The van der Waals surface area contributed by atoms with Crippen molar-refractivity contribution in [3.63, 3.8) is 0 Å². The smallest absolute Gasteiger partial charge is 0.272 e. The van der Waals surface area contributed by atoms with Gasteiger partial charge in [0.15, 0.2) is 5.82 Å². The zero-order chi connectivity index (χ0) is 16.4. The fourth-order valence-electron chi connectivity index (χ4n) is 3.59. The fraction of sp³-hybridized carbons (Fsp3) is 0.526. The molecule has 0 N–H and O–H groups in total. The average molecular weight is 324 g/mol. The molecule has 2 aromatic rings. The predicted octanol–water partition coefficient (Wildman–Crippen LogP) is 3.45. The molecule has 2 saturated carbocycles. The molecule has 5 heteroatoms. The summed E-state index contributed by atoms with van der Waals surface area (Å²) in [6.07, 6.45) is 12.1. The van der Waals surface area contributed by atoms with Gasteiger partial charge in [0.25, 0.3) is 5.91 Å². The maximum atomic E-state index is 13.2. The Balaban J connectivity index is 1.58. The molecule has 2 aliphatic carbocycles. The molecule has 0 spiro atoms. The van der Waals surface area contributed by atoms with Gasteiger partial charge in [-0.25, -0.2) is 9.67 Å². The van der Waals surface area contributed by atoms with E-state index >= 15 is 0 Å². The second-order valence-electron chi connectivity index (χ2n) is 7.02. The van der Waals surface area contributed by atoms with Gasteiger partial charge in [0.2, 0.25) is 0 Å². The molecule has 0 unspecified atom stereocenters. The van der Waals surface area contributed by atoms with Crippen molar-refractivity contribution >= 4 is 5.91 Å². The Morgan fingerprint density at radius 2 is 1.96 bits per heavy atom. The standard InChI is InChI=1S/C19H24N4O/c24-19(17-8-4-9-18(21-17)23-13-5-12-20-23)22(14-15-10-11-15)16-6-2-1-3-7-16/h4-5,8-9,12-13,15-16H,1-3,6-7,10-11,14H2. The van der Waals surface area contributed by atoms with Crippen LogP contribution in [0.4, 0.5) is 0 Å². The van der Waals surface area contributed by atoms with Crippen LogP contribution in [0.2, 0.25) is 0 Å². The molecule has 24 heavy (non-hydrogen) atoms. The van der Waals surface area contributed by atoms with Crippen molar-refractivity contribution in [1.82, 2.24) is 19.7 Å². The van der Waals surface area contributed by atoms with Crippen molar-refractivity contribution in [2.24, 2.45) is 5.92 Å². The molecule has 2 aliphatic rings. The molecule has 126 valence electrons. The molecule has 0 bridgehead atoms. The Labute approximate surface area is 142 Å². The molecule has 0 aromatic carbocycles. The van der Waals surface area contributed by atoms with Gasteiger partial charge in [0.1, 0.15) is 5.69 Å². The quantitative estimate of drug-likeness (QED) is 0.846. The molecule has 0 radical (unpaired) electrons. The van der Waals surface area contributed by atoms with Crippen LogP contribution in [0, 0.1) is 5.92 Å². The summed E-state index contributed by atoms with van der Waals surface area (Å²) < 4.78 is 1.70. The van der Waals surface area contributed by atoms with E-state index in [4.69, 9.17) is 0 Å². The topological polar surface area (TPSA) is 51.0 Å². The summed E-state index contributed by atoms with van der Waals surface area (Å²) in [6, 6.07) is 7.86. The summed E-state index contributed by atoms with van der Waals surface area (Å²) in [6.45, 7) is 0.900. The van der Waals surface area contributed by atoms with Crippen molar-refractivity contribution < 1.29 is 4.79 Å². The zero-order valence-electron chi connectivity index (χ0n) is 14.0. The Hall–Kier alpha value is -2.17. The zero-order valence-corrected chi connectivity index (χ0v) is 14.0. The maximum absolute atomic E-state index is 13.2. The van der Waals surface area contributed by atoms with E-state index in [0.717, 1.165) is 19.4 Å². The lowest BCUT2D eigenvalue weighted by molar-refractivity contribution is 0.0616. The number of carbonyl (C=O) groups is 1. The van der Waals surface area contributed by atoms with Crippen molar-refractivity contribution in [1.29, 1.82) is 0 Å². The number of hydrogen-bond donors (Lipinski definition) is 0. The van der Waals surface area contributed by atoms with Crippen LogP contribution in [0.15, 0.2) is 36.7 Å². The molecule has 0 atom stereocenters. The van der Waals surface area contributed by atoms with Crippen LogP contribution >= 0.6 is 0 Å². The normalized spacial score (nSPS) is 18.5. The molecule has 2 aromatic heterocycles. The second-order valence-corrected chi connectivity index (χ2v) is 7.02. The Morgan fingerprint density at radius 3 is 2.67 bits per heavy atom. The van der Waals surface area contributed by atoms with Gasteiger partial charge in [-0.05, 0) is 49.8 Å². The largest absolute Gasteiger partial charge is 0.334 e. The first-order valence-electron chi connectivity index (χ1n) is 9.09. The first kappa shape index (κ1) is 15.4. The van der Waals surface area contributed by atoms with E-state index in [1.54, 1.807) is 10.9 Å². The minimum absolute atomic E-state index is 0.0859. The van der Waals surface area contributed by atoms with Crippen molar-refractivity contribution in [2.75, 3.05) is 6.54 Å². The molecule has 5 nitrogen and oxygen atoms in total. The molecular weight excluding hydrogens is 300 g/mol. The maximum Gasteiger partial charge on any atom is 0.272 e. The van der Waals surface area contributed by atoms with E-state index < -0.39 is 0 Å². The van der Waals surface area contributed by atoms with Crippen LogP contribution < -0.4 is 0 Å². The molecular formula is C19H24N4O. The minimum Gasteiger partial charge on any atom is -0.334 e. The van der Waals surface area contributed by atoms with E-state index in [1.165, 1.54) is 32.1 Å². The predicted molar refractivity (Wildman–Crippen MR) is 92.0 cm³/mol. The van der Waals surface area contributed by atoms with Gasteiger partial charge in [0.05, 0.1) is 0 Å². The number of rotatable bonds is 5.